The van der Waals surface area contributed by atoms with Gasteiger partial charge < -0.3 is 10.1 Å². The van der Waals surface area contributed by atoms with Gasteiger partial charge in [-0.2, -0.15) is 0 Å². The highest BCUT2D eigenvalue weighted by atomic mass is 16.5. The van der Waals surface area contributed by atoms with Crippen molar-refractivity contribution in [2.24, 2.45) is 0 Å². The number of hydrogen-bond donors (Lipinski definition) is 1. The van der Waals surface area contributed by atoms with Crippen LogP contribution in [0.15, 0.2) is 30.3 Å². The van der Waals surface area contributed by atoms with E-state index in [9.17, 15) is 9.59 Å². The molecule has 4 nitrogen and oxygen atoms in total. The Bertz CT molecular complexity index is 649. The van der Waals surface area contributed by atoms with Crippen LogP contribution in [-0.4, -0.2) is 25.8 Å². The summed E-state index contributed by atoms with van der Waals surface area (Å²) in [5.41, 5.74) is 1.74. The molecule has 20 heavy (non-hydrogen) atoms. The molecular formula is C16H17NO3. The predicted octanol–water partition coefficient (Wildman–Crippen LogP) is 2.34. The van der Waals surface area contributed by atoms with E-state index in [1.165, 1.54) is 6.92 Å². The van der Waals surface area contributed by atoms with E-state index >= 15 is 0 Å². The minimum absolute atomic E-state index is 0.0450. The van der Waals surface area contributed by atoms with Crippen LogP contribution in [0.2, 0.25) is 0 Å². The number of carbonyl (C=O) groups is 2. The Labute approximate surface area is 117 Å². The molecule has 0 bridgehead atoms. The van der Waals surface area contributed by atoms with Crippen molar-refractivity contribution in [2.45, 2.75) is 13.3 Å². The summed E-state index contributed by atoms with van der Waals surface area (Å²) in [7, 11) is 1.61. The number of rotatable bonds is 5. The molecule has 0 aromatic heterocycles. The molecule has 4 heteroatoms. The van der Waals surface area contributed by atoms with Crippen molar-refractivity contribution >= 4 is 23.0 Å². The van der Waals surface area contributed by atoms with Crippen LogP contribution in [0.25, 0.3) is 10.8 Å². The van der Waals surface area contributed by atoms with Gasteiger partial charge in [-0.05, 0) is 41.0 Å². The van der Waals surface area contributed by atoms with Crippen molar-refractivity contribution in [1.82, 2.24) is 5.32 Å². The number of carbonyl (C=O) groups excluding carboxylic acids is 2. The summed E-state index contributed by atoms with van der Waals surface area (Å²) in [6.07, 6.45) is 1.56. The smallest absolute Gasteiger partial charge is 0.216 e. The molecule has 1 N–H and O–H groups in total. The lowest BCUT2D eigenvalue weighted by atomic mass is 9.98. The Morgan fingerprint density at radius 1 is 1.25 bits per heavy atom. The van der Waals surface area contributed by atoms with Crippen LogP contribution in [0.4, 0.5) is 0 Å². The SMILES string of the molecule is COc1ccc2c(C=O)ccc(CCNC(C)=O)c2c1. The number of fused-ring (bicyclic) bond motifs is 1. The molecule has 104 valence electrons. The predicted molar refractivity (Wildman–Crippen MR) is 78.3 cm³/mol. The second-order valence-corrected chi connectivity index (χ2v) is 4.58. The molecule has 0 spiro atoms. The Balaban J connectivity index is 2.42. The highest BCUT2D eigenvalue weighted by Gasteiger charge is 2.07. The molecule has 0 unspecified atom stereocenters. The van der Waals surface area contributed by atoms with Gasteiger partial charge in [0.25, 0.3) is 0 Å². The molecule has 2 aromatic rings. The summed E-state index contributed by atoms with van der Waals surface area (Å²) in [5.74, 6) is 0.706. The van der Waals surface area contributed by atoms with E-state index in [2.05, 4.69) is 5.32 Å². The minimum atomic E-state index is -0.0450. The fourth-order valence-corrected chi connectivity index (χ4v) is 2.23. The third-order valence-electron chi connectivity index (χ3n) is 3.24. The number of methoxy groups -OCH3 is 1. The second-order valence-electron chi connectivity index (χ2n) is 4.58. The summed E-state index contributed by atoms with van der Waals surface area (Å²) in [6, 6.07) is 9.39. The Morgan fingerprint density at radius 2 is 2.05 bits per heavy atom. The van der Waals surface area contributed by atoms with Crippen LogP contribution in [0.3, 0.4) is 0 Å². The third kappa shape index (κ3) is 2.96. The van der Waals surface area contributed by atoms with Crippen LogP contribution in [0.5, 0.6) is 5.75 Å². The first-order chi connectivity index (χ1) is 9.65. The molecule has 0 aliphatic heterocycles. The third-order valence-corrected chi connectivity index (χ3v) is 3.24. The van der Waals surface area contributed by atoms with E-state index in [1.807, 2.05) is 30.3 Å². The molecule has 0 heterocycles. The van der Waals surface area contributed by atoms with Gasteiger partial charge in [-0.25, -0.2) is 0 Å². The molecule has 0 saturated carbocycles. The Morgan fingerprint density at radius 3 is 2.70 bits per heavy atom. The molecule has 2 rings (SSSR count). The lowest BCUT2D eigenvalue weighted by molar-refractivity contribution is -0.118. The van der Waals surface area contributed by atoms with Crippen LogP contribution in [0.1, 0.15) is 22.8 Å². The lowest BCUT2D eigenvalue weighted by Gasteiger charge is -2.10. The Hall–Kier alpha value is -2.36. The minimum Gasteiger partial charge on any atom is -0.497 e. The second kappa shape index (κ2) is 6.19. The standard InChI is InChI=1S/C16H17NO3/c1-11(19)17-8-7-12-3-4-13(10-18)15-6-5-14(20-2)9-16(12)15/h3-6,9-10H,7-8H2,1-2H3,(H,17,19). The maximum atomic E-state index is 11.1. The maximum absolute atomic E-state index is 11.1. The lowest BCUT2D eigenvalue weighted by Crippen LogP contribution is -2.22. The van der Waals surface area contributed by atoms with Gasteiger partial charge >= 0.3 is 0 Å². The fraction of sp³-hybridized carbons (Fsp3) is 0.250. The van der Waals surface area contributed by atoms with Crippen molar-refractivity contribution in [3.63, 3.8) is 0 Å². The zero-order valence-electron chi connectivity index (χ0n) is 11.6. The topological polar surface area (TPSA) is 55.4 Å². The van der Waals surface area contributed by atoms with Crippen LogP contribution >= 0.6 is 0 Å². The molecule has 0 atom stereocenters. The number of nitrogens with one attached hydrogen (secondary N) is 1. The fourth-order valence-electron chi connectivity index (χ4n) is 2.23. The number of benzene rings is 2. The summed E-state index contributed by atoms with van der Waals surface area (Å²) < 4.78 is 5.24. The number of hydrogen-bond acceptors (Lipinski definition) is 3. The first-order valence-electron chi connectivity index (χ1n) is 6.45. The van der Waals surface area contributed by atoms with Gasteiger partial charge in [0.05, 0.1) is 7.11 Å². The van der Waals surface area contributed by atoms with Gasteiger partial charge in [0.15, 0.2) is 6.29 Å². The highest BCUT2D eigenvalue weighted by molar-refractivity contribution is 6.00. The van der Waals surface area contributed by atoms with E-state index in [0.717, 1.165) is 28.4 Å². The van der Waals surface area contributed by atoms with Crippen molar-refractivity contribution < 1.29 is 14.3 Å². The van der Waals surface area contributed by atoms with Gasteiger partial charge in [-0.3, -0.25) is 9.59 Å². The van der Waals surface area contributed by atoms with E-state index in [4.69, 9.17) is 4.74 Å². The van der Waals surface area contributed by atoms with Crippen molar-refractivity contribution in [3.05, 3.63) is 41.5 Å². The van der Waals surface area contributed by atoms with Gasteiger partial charge in [-0.1, -0.05) is 12.1 Å². The quantitative estimate of drug-likeness (QED) is 0.849. The zero-order valence-corrected chi connectivity index (χ0v) is 11.6. The highest BCUT2D eigenvalue weighted by Crippen LogP contribution is 2.26. The van der Waals surface area contributed by atoms with E-state index in [1.54, 1.807) is 7.11 Å². The summed E-state index contributed by atoms with van der Waals surface area (Å²) in [5, 5.41) is 4.67. The van der Waals surface area contributed by atoms with Gasteiger partial charge in [0.1, 0.15) is 5.75 Å². The Kier molecular flexibility index (Phi) is 4.35. The molecule has 0 radical (unpaired) electrons. The zero-order chi connectivity index (χ0) is 14.5. The monoisotopic (exact) mass is 271 g/mol. The molecule has 0 saturated heterocycles. The van der Waals surface area contributed by atoms with E-state index in [-0.39, 0.29) is 5.91 Å². The normalized spacial score (nSPS) is 10.3. The molecular weight excluding hydrogens is 254 g/mol. The molecule has 1 amide bonds. The molecule has 0 aliphatic carbocycles. The van der Waals surface area contributed by atoms with Crippen LogP contribution in [-0.2, 0) is 11.2 Å². The average Bonchev–Trinajstić information content (AvgIpc) is 2.46. The molecule has 0 aliphatic rings. The van der Waals surface area contributed by atoms with Crippen LogP contribution < -0.4 is 10.1 Å². The van der Waals surface area contributed by atoms with Crippen molar-refractivity contribution in [3.8, 4) is 5.75 Å². The molecule has 0 fully saturated rings. The summed E-state index contributed by atoms with van der Waals surface area (Å²) >= 11 is 0. The summed E-state index contributed by atoms with van der Waals surface area (Å²) in [6.45, 7) is 2.07. The van der Waals surface area contributed by atoms with Gasteiger partial charge in [0, 0.05) is 19.0 Å². The summed E-state index contributed by atoms with van der Waals surface area (Å²) in [4.78, 5) is 22.0. The van der Waals surface area contributed by atoms with Gasteiger partial charge in [-0.15, -0.1) is 0 Å². The van der Waals surface area contributed by atoms with E-state index < -0.39 is 0 Å². The van der Waals surface area contributed by atoms with Crippen molar-refractivity contribution in [2.75, 3.05) is 13.7 Å². The van der Waals surface area contributed by atoms with Crippen LogP contribution in [0, 0.1) is 0 Å². The largest absolute Gasteiger partial charge is 0.497 e. The first kappa shape index (κ1) is 14.1. The van der Waals surface area contributed by atoms with Crippen molar-refractivity contribution in [1.29, 1.82) is 0 Å². The number of ether oxygens (including phenoxy) is 1. The van der Waals surface area contributed by atoms with Gasteiger partial charge in [0.2, 0.25) is 5.91 Å². The number of amides is 1. The molecule has 2 aromatic carbocycles. The average molecular weight is 271 g/mol. The van der Waals surface area contributed by atoms with E-state index in [0.29, 0.717) is 18.5 Å². The number of aldehydes is 1. The maximum Gasteiger partial charge on any atom is 0.216 e. The first-order valence-corrected chi connectivity index (χ1v) is 6.45.